The molecule has 0 fully saturated rings. The van der Waals surface area contributed by atoms with E-state index in [4.69, 9.17) is 5.73 Å². The van der Waals surface area contributed by atoms with Gasteiger partial charge in [-0.05, 0) is 0 Å². The molecule has 0 spiro atoms. The average molecular weight is 281 g/mol. The lowest BCUT2D eigenvalue weighted by Crippen LogP contribution is -2.34. The van der Waals surface area contributed by atoms with Crippen LogP contribution in [0.3, 0.4) is 0 Å². The Bertz CT molecular complexity index is 419. The molecule has 0 bridgehead atoms. The van der Waals surface area contributed by atoms with Crippen molar-refractivity contribution in [3.8, 4) is 0 Å². The number of hydrogen-bond donors (Lipinski definition) is 1. The van der Waals surface area contributed by atoms with Gasteiger partial charge in [0.2, 0.25) is 5.91 Å². The topological polar surface area (TPSA) is 59.2 Å². The lowest BCUT2D eigenvalue weighted by molar-refractivity contribution is -0.140. The number of thiazole rings is 1. The zero-order valence-corrected chi connectivity index (χ0v) is 10.8. The van der Waals surface area contributed by atoms with Gasteiger partial charge in [-0.15, -0.1) is 11.3 Å². The van der Waals surface area contributed by atoms with E-state index in [0.717, 1.165) is 16.7 Å². The standard InChI is InChI=1S/C10H14F3N3OS/c1-6(3-14)9(17)16(2)4-8-15-7(5-18-8)10(11,12)13/h5-6H,3-4,14H2,1-2H3. The number of hydrogen-bond acceptors (Lipinski definition) is 4. The average Bonchev–Trinajstić information content (AvgIpc) is 2.75. The zero-order chi connectivity index (χ0) is 13.9. The van der Waals surface area contributed by atoms with Crippen LogP contribution < -0.4 is 5.73 Å². The highest BCUT2D eigenvalue weighted by atomic mass is 32.1. The first-order valence-corrected chi connectivity index (χ1v) is 6.10. The second-order valence-electron chi connectivity index (χ2n) is 3.96. The monoisotopic (exact) mass is 281 g/mol. The van der Waals surface area contributed by atoms with Gasteiger partial charge in [0.1, 0.15) is 5.01 Å². The summed E-state index contributed by atoms with van der Waals surface area (Å²) in [5.74, 6) is -0.557. The number of halogens is 3. The molecule has 0 aromatic carbocycles. The first-order chi connectivity index (χ1) is 8.25. The summed E-state index contributed by atoms with van der Waals surface area (Å²) < 4.78 is 37.0. The Balaban J connectivity index is 2.68. The van der Waals surface area contributed by atoms with Gasteiger partial charge in [0.15, 0.2) is 5.69 Å². The van der Waals surface area contributed by atoms with Gasteiger partial charge in [0.05, 0.1) is 6.54 Å². The second kappa shape index (κ2) is 5.66. The van der Waals surface area contributed by atoms with Gasteiger partial charge in [-0.1, -0.05) is 6.92 Å². The summed E-state index contributed by atoms with van der Waals surface area (Å²) in [5, 5.41) is 1.20. The molecule has 8 heteroatoms. The van der Waals surface area contributed by atoms with Crippen molar-refractivity contribution in [1.29, 1.82) is 0 Å². The molecule has 18 heavy (non-hydrogen) atoms. The maximum atomic E-state index is 12.3. The minimum Gasteiger partial charge on any atom is -0.339 e. The summed E-state index contributed by atoms with van der Waals surface area (Å²) >= 11 is 0.885. The number of carbonyl (C=O) groups is 1. The third kappa shape index (κ3) is 3.67. The first-order valence-electron chi connectivity index (χ1n) is 5.22. The van der Waals surface area contributed by atoms with Crippen LogP contribution in [-0.2, 0) is 17.5 Å². The third-order valence-corrected chi connectivity index (χ3v) is 3.20. The molecule has 1 aromatic heterocycles. The van der Waals surface area contributed by atoms with E-state index in [1.165, 1.54) is 11.9 Å². The lowest BCUT2D eigenvalue weighted by atomic mass is 10.1. The molecule has 0 aliphatic heterocycles. The van der Waals surface area contributed by atoms with Crippen molar-refractivity contribution in [3.05, 3.63) is 16.1 Å². The molecule has 0 saturated carbocycles. The van der Waals surface area contributed by atoms with Gasteiger partial charge in [-0.2, -0.15) is 13.2 Å². The first kappa shape index (κ1) is 14.9. The minimum atomic E-state index is -4.44. The summed E-state index contributed by atoms with van der Waals surface area (Å²) in [6.45, 7) is 1.93. The Kier molecular flexibility index (Phi) is 4.69. The quantitative estimate of drug-likeness (QED) is 0.914. The maximum absolute atomic E-state index is 12.3. The van der Waals surface area contributed by atoms with E-state index in [9.17, 15) is 18.0 Å². The Morgan fingerprint density at radius 2 is 2.22 bits per heavy atom. The molecule has 0 radical (unpaired) electrons. The maximum Gasteiger partial charge on any atom is 0.434 e. The van der Waals surface area contributed by atoms with Crippen molar-refractivity contribution in [2.45, 2.75) is 19.6 Å². The van der Waals surface area contributed by atoms with Crippen LogP contribution in [0.15, 0.2) is 5.38 Å². The predicted molar refractivity (Wildman–Crippen MR) is 61.8 cm³/mol. The summed E-state index contributed by atoms with van der Waals surface area (Å²) in [6.07, 6.45) is -4.44. The van der Waals surface area contributed by atoms with E-state index in [1.54, 1.807) is 6.92 Å². The molecule has 1 unspecified atom stereocenters. The molecule has 0 aliphatic carbocycles. The number of nitrogens with zero attached hydrogens (tertiary/aromatic N) is 2. The Labute approximate surface area is 107 Å². The molecule has 0 saturated heterocycles. The number of amides is 1. The smallest absolute Gasteiger partial charge is 0.339 e. The van der Waals surface area contributed by atoms with Crippen LogP contribution in [0.2, 0.25) is 0 Å². The molecule has 1 rings (SSSR count). The van der Waals surface area contributed by atoms with E-state index < -0.39 is 11.9 Å². The number of carbonyl (C=O) groups excluding carboxylic acids is 1. The van der Waals surface area contributed by atoms with E-state index in [1.807, 2.05) is 0 Å². The van der Waals surface area contributed by atoms with E-state index in [-0.39, 0.29) is 29.9 Å². The molecule has 2 N–H and O–H groups in total. The Morgan fingerprint density at radius 1 is 1.61 bits per heavy atom. The van der Waals surface area contributed by atoms with E-state index >= 15 is 0 Å². The summed E-state index contributed by atoms with van der Waals surface area (Å²) in [4.78, 5) is 16.5. The molecule has 4 nitrogen and oxygen atoms in total. The number of aromatic nitrogens is 1. The molecular weight excluding hydrogens is 267 g/mol. The highest BCUT2D eigenvalue weighted by Gasteiger charge is 2.33. The SMILES string of the molecule is CC(CN)C(=O)N(C)Cc1nc(C(F)(F)F)cs1. The minimum absolute atomic E-state index is 0.0594. The van der Waals surface area contributed by atoms with Crippen molar-refractivity contribution in [2.24, 2.45) is 11.7 Å². The number of alkyl halides is 3. The Morgan fingerprint density at radius 3 is 2.67 bits per heavy atom. The van der Waals surface area contributed by atoms with Gasteiger partial charge >= 0.3 is 6.18 Å². The lowest BCUT2D eigenvalue weighted by Gasteiger charge is -2.19. The fraction of sp³-hybridized carbons (Fsp3) is 0.600. The number of rotatable bonds is 4. The van der Waals surface area contributed by atoms with Crippen LogP contribution in [0.4, 0.5) is 13.2 Å². The zero-order valence-electron chi connectivity index (χ0n) is 9.99. The van der Waals surface area contributed by atoms with Crippen LogP contribution in [0.25, 0.3) is 0 Å². The molecular formula is C10H14F3N3OS. The third-order valence-electron chi connectivity index (χ3n) is 2.37. The van der Waals surface area contributed by atoms with Crippen molar-refractivity contribution in [3.63, 3.8) is 0 Å². The highest BCUT2D eigenvalue weighted by Crippen LogP contribution is 2.30. The summed E-state index contributed by atoms with van der Waals surface area (Å²) in [6, 6.07) is 0. The van der Waals surface area contributed by atoms with E-state index in [0.29, 0.717) is 0 Å². The fourth-order valence-corrected chi connectivity index (χ4v) is 2.12. The summed E-state index contributed by atoms with van der Waals surface area (Å²) in [5.41, 5.74) is 4.43. The molecule has 0 aliphatic rings. The van der Waals surface area contributed by atoms with Crippen LogP contribution in [0.5, 0.6) is 0 Å². The van der Waals surface area contributed by atoms with Crippen LogP contribution in [0, 0.1) is 5.92 Å². The van der Waals surface area contributed by atoms with Gasteiger partial charge in [0.25, 0.3) is 0 Å². The molecule has 1 atom stereocenters. The number of nitrogens with two attached hydrogens (primary N) is 1. The van der Waals surface area contributed by atoms with Gasteiger partial charge < -0.3 is 10.6 Å². The van der Waals surface area contributed by atoms with Crippen molar-refractivity contribution in [1.82, 2.24) is 9.88 Å². The van der Waals surface area contributed by atoms with E-state index in [2.05, 4.69) is 4.98 Å². The summed E-state index contributed by atoms with van der Waals surface area (Å²) in [7, 11) is 1.52. The fourth-order valence-electron chi connectivity index (χ4n) is 1.27. The molecule has 1 aromatic rings. The van der Waals surface area contributed by atoms with Crippen LogP contribution >= 0.6 is 11.3 Å². The molecule has 102 valence electrons. The normalized spacial score (nSPS) is 13.4. The van der Waals surface area contributed by atoms with Gasteiger partial charge in [0, 0.05) is 24.9 Å². The van der Waals surface area contributed by atoms with Crippen LogP contribution in [0.1, 0.15) is 17.6 Å². The molecule has 1 heterocycles. The van der Waals surface area contributed by atoms with Crippen LogP contribution in [-0.4, -0.2) is 29.4 Å². The predicted octanol–water partition coefficient (Wildman–Crippen LogP) is 1.72. The van der Waals surface area contributed by atoms with Gasteiger partial charge in [-0.25, -0.2) is 4.98 Å². The molecule has 1 amide bonds. The van der Waals surface area contributed by atoms with Crippen molar-refractivity contribution in [2.75, 3.05) is 13.6 Å². The van der Waals surface area contributed by atoms with Gasteiger partial charge in [-0.3, -0.25) is 4.79 Å². The second-order valence-corrected chi connectivity index (χ2v) is 4.90. The Hall–Kier alpha value is -1.15. The van der Waals surface area contributed by atoms with Crippen molar-refractivity contribution >= 4 is 17.2 Å². The van der Waals surface area contributed by atoms with Crippen molar-refractivity contribution < 1.29 is 18.0 Å². The highest BCUT2D eigenvalue weighted by molar-refractivity contribution is 7.09. The largest absolute Gasteiger partial charge is 0.434 e.